The Balaban J connectivity index is 1.51. The van der Waals surface area contributed by atoms with E-state index in [-0.39, 0.29) is 12.0 Å². The zero-order valence-electron chi connectivity index (χ0n) is 12.0. The molecule has 1 aromatic carbocycles. The molecule has 0 saturated carbocycles. The molecular formula is C16H16N2O3S. The van der Waals surface area contributed by atoms with E-state index in [1.165, 1.54) is 11.3 Å². The maximum atomic E-state index is 12.3. The molecule has 22 heavy (non-hydrogen) atoms. The fraction of sp³-hybridized carbons (Fsp3) is 0.375. The number of carbonyl (C=O) groups excluding carboxylic acids is 1. The van der Waals surface area contributed by atoms with E-state index >= 15 is 0 Å². The van der Waals surface area contributed by atoms with Crippen molar-refractivity contribution in [3.05, 3.63) is 40.3 Å². The quantitative estimate of drug-likeness (QED) is 0.855. The SMILES string of the molecule is O=C(c1csc(C2COc3ccccc3O2)n1)N1CCCC1. The Kier molecular flexibility index (Phi) is 3.46. The number of amides is 1. The van der Waals surface area contributed by atoms with E-state index in [4.69, 9.17) is 9.47 Å². The molecule has 6 heteroatoms. The Labute approximate surface area is 132 Å². The summed E-state index contributed by atoms with van der Waals surface area (Å²) in [6, 6.07) is 7.59. The predicted molar refractivity (Wildman–Crippen MR) is 82.6 cm³/mol. The number of likely N-dealkylation sites (tertiary alicyclic amines) is 1. The highest BCUT2D eigenvalue weighted by molar-refractivity contribution is 7.09. The number of aromatic nitrogens is 1. The van der Waals surface area contributed by atoms with Gasteiger partial charge in [-0.3, -0.25) is 4.79 Å². The van der Waals surface area contributed by atoms with Crippen molar-refractivity contribution >= 4 is 17.2 Å². The van der Waals surface area contributed by atoms with E-state index in [0.717, 1.165) is 42.4 Å². The summed E-state index contributed by atoms with van der Waals surface area (Å²) in [5, 5.41) is 2.61. The van der Waals surface area contributed by atoms with Gasteiger partial charge in [-0.15, -0.1) is 11.3 Å². The Morgan fingerprint density at radius 2 is 2.00 bits per heavy atom. The van der Waals surface area contributed by atoms with Crippen LogP contribution in [-0.2, 0) is 0 Å². The number of nitrogens with zero attached hydrogens (tertiary/aromatic N) is 2. The zero-order valence-corrected chi connectivity index (χ0v) is 12.8. The molecule has 0 N–H and O–H groups in total. The minimum atomic E-state index is -0.250. The lowest BCUT2D eigenvalue weighted by molar-refractivity contribution is 0.0782. The molecule has 0 bridgehead atoms. The average molecular weight is 316 g/mol. The largest absolute Gasteiger partial charge is 0.485 e. The fourth-order valence-corrected chi connectivity index (χ4v) is 3.56. The lowest BCUT2D eigenvalue weighted by Gasteiger charge is -2.24. The number of benzene rings is 1. The van der Waals surface area contributed by atoms with Gasteiger partial charge in [0.15, 0.2) is 17.6 Å². The van der Waals surface area contributed by atoms with Crippen LogP contribution in [0, 0.1) is 0 Å². The number of carbonyl (C=O) groups is 1. The molecule has 0 spiro atoms. The van der Waals surface area contributed by atoms with Crippen LogP contribution in [0.15, 0.2) is 29.6 Å². The molecule has 1 atom stereocenters. The molecule has 1 fully saturated rings. The molecule has 3 heterocycles. The first-order valence-electron chi connectivity index (χ1n) is 7.44. The van der Waals surface area contributed by atoms with Gasteiger partial charge in [0, 0.05) is 18.5 Å². The van der Waals surface area contributed by atoms with Gasteiger partial charge in [-0.1, -0.05) is 12.1 Å². The van der Waals surface area contributed by atoms with E-state index < -0.39 is 0 Å². The van der Waals surface area contributed by atoms with E-state index in [2.05, 4.69) is 4.98 Å². The topological polar surface area (TPSA) is 51.7 Å². The van der Waals surface area contributed by atoms with Crippen molar-refractivity contribution in [3.8, 4) is 11.5 Å². The third-order valence-electron chi connectivity index (χ3n) is 3.92. The summed E-state index contributed by atoms with van der Waals surface area (Å²) in [6.45, 7) is 2.09. The maximum absolute atomic E-state index is 12.3. The molecule has 2 aromatic rings. The second-order valence-electron chi connectivity index (χ2n) is 5.43. The third kappa shape index (κ3) is 2.43. The highest BCUT2D eigenvalue weighted by Gasteiger charge is 2.27. The lowest BCUT2D eigenvalue weighted by atomic mass is 10.2. The summed E-state index contributed by atoms with van der Waals surface area (Å²) in [7, 11) is 0. The van der Waals surface area contributed by atoms with Crippen LogP contribution in [-0.4, -0.2) is 35.5 Å². The zero-order chi connectivity index (χ0) is 14.9. The first-order chi connectivity index (χ1) is 10.8. The van der Waals surface area contributed by atoms with Crippen LogP contribution in [0.25, 0.3) is 0 Å². The first-order valence-corrected chi connectivity index (χ1v) is 8.32. The van der Waals surface area contributed by atoms with Crippen molar-refractivity contribution in [1.29, 1.82) is 0 Å². The van der Waals surface area contributed by atoms with Crippen LogP contribution >= 0.6 is 11.3 Å². The summed E-state index contributed by atoms with van der Waals surface area (Å²) in [5.74, 6) is 1.50. The number of fused-ring (bicyclic) bond motifs is 1. The molecule has 1 unspecified atom stereocenters. The molecule has 1 aromatic heterocycles. The van der Waals surface area contributed by atoms with Crippen LogP contribution in [0.5, 0.6) is 11.5 Å². The fourth-order valence-electron chi connectivity index (χ4n) is 2.76. The summed E-state index contributed by atoms with van der Waals surface area (Å²) in [5.41, 5.74) is 0.518. The van der Waals surface area contributed by atoms with Crippen molar-refractivity contribution in [2.45, 2.75) is 18.9 Å². The summed E-state index contributed by atoms with van der Waals surface area (Å²) >= 11 is 1.45. The van der Waals surface area contributed by atoms with Gasteiger partial charge in [-0.05, 0) is 25.0 Å². The number of hydrogen-bond acceptors (Lipinski definition) is 5. The third-order valence-corrected chi connectivity index (χ3v) is 4.86. The van der Waals surface area contributed by atoms with Gasteiger partial charge in [0.25, 0.3) is 5.91 Å². The van der Waals surface area contributed by atoms with Crippen molar-refractivity contribution in [2.75, 3.05) is 19.7 Å². The maximum Gasteiger partial charge on any atom is 0.273 e. The number of ether oxygens (including phenoxy) is 2. The normalized spacial score (nSPS) is 20.2. The van der Waals surface area contributed by atoms with Gasteiger partial charge >= 0.3 is 0 Å². The smallest absolute Gasteiger partial charge is 0.273 e. The number of rotatable bonds is 2. The Hall–Kier alpha value is -2.08. The summed E-state index contributed by atoms with van der Waals surface area (Å²) < 4.78 is 11.6. The second-order valence-corrected chi connectivity index (χ2v) is 6.32. The molecule has 4 rings (SSSR count). The van der Waals surface area contributed by atoms with E-state index in [1.807, 2.05) is 34.5 Å². The molecule has 1 saturated heterocycles. The van der Waals surface area contributed by atoms with E-state index in [9.17, 15) is 4.79 Å². The Morgan fingerprint density at radius 1 is 1.23 bits per heavy atom. The number of para-hydroxylation sites is 2. The lowest BCUT2D eigenvalue weighted by Crippen LogP contribution is -2.28. The van der Waals surface area contributed by atoms with Gasteiger partial charge in [0.05, 0.1) is 0 Å². The minimum Gasteiger partial charge on any atom is -0.485 e. The van der Waals surface area contributed by atoms with Gasteiger partial charge in [-0.2, -0.15) is 0 Å². The molecule has 1 amide bonds. The minimum absolute atomic E-state index is 0.0251. The van der Waals surface area contributed by atoms with Crippen LogP contribution in [0.3, 0.4) is 0 Å². The van der Waals surface area contributed by atoms with Crippen molar-refractivity contribution in [3.63, 3.8) is 0 Å². The first kappa shape index (κ1) is 13.6. The molecule has 2 aliphatic rings. The Bertz CT molecular complexity index is 694. The number of thiazole rings is 1. The molecule has 2 aliphatic heterocycles. The molecule has 114 valence electrons. The second kappa shape index (κ2) is 5.61. The highest BCUT2D eigenvalue weighted by Crippen LogP contribution is 2.36. The molecule has 0 aliphatic carbocycles. The van der Waals surface area contributed by atoms with Gasteiger partial charge in [0.2, 0.25) is 0 Å². The van der Waals surface area contributed by atoms with E-state index in [0.29, 0.717) is 12.3 Å². The van der Waals surface area contributed by atoms with Gasteiger partial charge < -0.3 is 14.4 Å². The van der Waals surface area contributed by atoms with E-state index in [1.54, 1.807) is 0 Å². The molecule has 0 radical (unpaired) electrons. The van der Waals surface area contributed by atoms with Crippen LogP contribution in [0.2, 0.25) is 0 Å². The van der Waals surface area contributed by atoms with Gasteiger partial charge in [0.1, 0.15) is 17.3 Å². The van der Waals surface area contributed by atoms with Gasteiger partial charge in [-0.25, -0.2) is 4.98 Å². The monoisotopic (exact) mass is 316 g/mol. The molecule has 5 nitrogen and oxygen atoms in total. The highest BCUT2D eigenvalue weighted by atomic mass is 32.1. The van der Waals surface area contributed by atoms with Crippen molar-refractivity contribution < 1.29 is 14.3 Å². The van der Waals surface area contributed by atoms with Crippen LogP contribution < -0.4 is 9.47 Å². The van der Waals surface area contributed by atoms with Crippen molar-refractivity contribution in [2.24, 2.45) is 0 Å². The van der Waals surface area contributed by atoms with Crippen LogP contribution in [0.4, 0.5) is 0 Å². The standard InChI is InChI=1S/C16H16N2O3S/c19-16(18-7-3-4-8-18)11-10-22-15(17-11)14-9-20-12-5-1-2-6-13(12)21-14/h1-2,5-6,10,14H,3-4,7-9H2. The summed E-state index contributed by atoms with van der Waals surface area (Å²) in [4.78, 5) is 18.7. The number of hydrogen-bond donors (Lipinski definition) is 0. The Morgan fingerprint density at radius 3 is 2.82 bits per heavy atom. The van der Waals surface area contributed by atoms with Crippen LogP contribution in [0.1, 0.15) is 34.4 Å². The average Bonchev–Trinajstić information content (AvgIpc) is 3.25. The molecular weight excluding hydrogens is 300 g/mol. The van der Waals surface area contributed by atoms with Crippen molar-refractivity contribution in [1.82, 2.24) is 9.88 Å². The summed E-state index contributed by atoms with van der Waals surface area (Å²) in [6.07, 6.45) is 1.91. The predicted octanol–water partition coefficient (Wildman–Crippen LogP) is 2.89.